The minimum absolute atomic E-state index is 0.0443. The molecule has 1 amide bonds. The molecule has 0 saturated heterocycles. The highest BCUT2D eigenvalue weighted by molar-refractivity contribution is 7.07. The number of hydrogen-bond acceptors (Lipinski definition) is 5. The molecule has 1 atom stereocenters. The number of carbonyl (C=O) groups excluding carboxylic acids is 1. The second kappa shape index (κ2) is 6.36. The molecular weight excluding hydrogens is 290 g/mol. The van der Waals surface area contributed by atoms with Crippen molar-refractivity contribution in [2.45, 2.75) is 19.4 Å². The lowest BCUT2D eigenvalue weighted by Crippen LogP contribution is -2.34. The van der Waals surface area contributed by atoms with Gasteiger partial charge in [-0.2, -0.15) is 11.3 Å². The summed E-state index contributed by atoms with van der Waals surface area (Å²) in [6.45, 7) is 1.89. The van der Waals surface area contributed by atoms with Crippen LogP contribution >= 0.6 is 11.3 Å². The Morgan fingerprint density at radius 1 is 1.48 bits per heavy atom. The highest BCUT2D eigenvalue weighted by atomic mass is 32.1. The van der Waals surface area contributed by atoms with E-state index in [0.717, 1.165) is 5.56 Å². The van der Waals surface area contributed by atoms with Crippen molar-refractivity contribution in [3.05, 3.63) is 56.3 Å². The van der Waals surface area contributed by atoms with Crippen molar-refractivity contribution in [1.29, 1.82) is 0 Å². The third-order valence-electron chi connectivity index (χ3n) is 2.99. The topological polar surface area (TPSA) is 98.3 Å². The highest BCUT2D eigenvalue weighted by Gasteiger charge is 2.17. The molecule has 0 aliphatic heterocycles. The van der Waals surface area contributed by atoms with Gasteiger partial charge in [0.15, 0.2) is 0 Å². The number of thiophene rings is 1. The summed E-state index contributed by atoms with van der Waals surface area (Å²) in [5, 5.41) is 17.7. The molecule has 110 valence electrons. The Bertz CT molecular complexity index is 655. The smallest absolute Gasteiger partial charge is 0.292 e. The highest BCUT2D eigenvalue weighted by Crippen LogP contribution is 2.22. The number of amides is 1. The van der Waals surface area contributed by atoms with Gasteiger partial charge in [0.05, 0.1) is 4.92 Å². The van der Waals surface area contributed by atoms with Crippen molar-refractivity contribution in [2.24, 2.45) is 0 Å². The Hall–Kier alpha value is -2.41. The van der Waals surface area contributed by atoms with Gasteiger partial charge in [0.25, 0.3) is 11.6 Å². The van der Waals surface area contributed by atoms with Gasteiger partial charge in [0.1, 0.15) is 5.69 Å². The average molecular weight is 305 g/mol. The third-order valence-corrected chi connectivity index (χ3v) is 3.72. The van der Waals surface area contributed by atoms with Crippen molar-refractivity contribution >= 4 is 28.6 Å². The molecule has 1 unspecified atom stereocenters. The Morgan fingerprint density at radius 3 is 2.86 bits per heavy atom. The summed E-state index contributed by atoms with van der Waals surface area (Å²) in [6.07, 6.45) is 0.715. The van der Waals surface area contributed by atoms with Gasteiger partial charge in [0, 0.05) is 17.7 Å². The zero-order chi connectivity index (χ0) is 15.4. The quantitative estimate of drug-likeness (QED) is 0.504. The van der Waals surface area contributed by atoms with E-state index in [9.17, 15) is 14.9 Å². The molecule has 0 bridgehead atoms. The fourth-order valence-electron chi connectivity index (χ4n) is 1.96. The standard InChI is InChI=1S/C14H15N3O3S/c1-9(6-10-4-5-21-8-10)16-14(18)11-2-3-12(15)13(7-11)17(19)20/h2-5,7-9H,6,15H2,1H3,(H,16,18). The Kier molecular flexibility index (Phi) is 4.54. The number of benzene rings is 1. The molecule has 0 aliphatic rings. The van der Waals surface area contributed by atoms with Crippen LogP contribution < -0.4 is 11.1 Å². The predicted octanol–water partition coefficient (Wildman–Crippen LogP) is 2.60. The predicted molar refractivity (Wildman–Crippen MR) is 82.5 cm³/mol. The largest absolute Gasteiger partial charge is 0.393 e. The molecule has 0 spiro atoms. The Labute approximate surface area is 125 Å². The van der Waals surface area contributed by atoms with E-state index in [4.69, 9.17) is 5.73 Å². The maximum atomic E-state index is 12.1. The molecule has 21 heavy (non-hydrogen) atoms. The lowest BCUT2D eigenvalue weighted by molar-refractivity contribution is -0.383. The van der Waals surface area contributed by atoms with Crippen molar-refractivity contribution < 1.29 is 9.72 Å². The molecule has 3 N–H and O–H groups in total. The summed E-state index contributed by atoms with van der Waals surface area (Å²) in [5.41, 5.74) is 6.68. The summed E-state index contributed by atoms with van der Waals surface area (Å²) < 4.78 is 0. The second-order valence-electron chi connectivity index (χ2n) is 4.74. The molecular formula is C14H15N3O3S. The molecule has 1 aromatic carbocycles. The van der Waals surface area contributed by atoms with Crippen molar-refractivity contribution in [1.82, 2.24) is 5.32 Å². The van der Waals surface area contributed by atoms with Crippen LogP contribution in [0.15, 0.2) is 35.0 Å². The molecule has 0 saturated carbocycles. The average Bonchev–Trinajstić information content (AvgIpc) is 2.91. The molecule has 2 aromatic rings. The van der Waals surface area contributed by atoms with E-state index >= 15 is 0 Å². The molecule has 0 radical (unpaired) electrons. The monoisotopic (exact) mass is 305 g/mol. The van der Waals surface area contributed by atoms with Gasteiger partial charge < -0.3 is 11.1 Å². The van der Waals surface area contributed by atoms with E-state index in [1.54, 1.807) is 11.3 Å². The molecule has 0 fully saturated rings. The van der Waals surface area contributed by atoms with Gasteiger partial charge in [-0.25, -0.2) is 0 Å². The maximum Gasteiger partial charge on any atom is 0.292 e. The van der Waals surface area contributed by atoms with Crippen LogP contribution in [0, 0.1) is 10.1 Å². The number of anilines is 1. The van der Waals surface area contributed by atoms with E-state index in [1.165, 1.54) is 18.2 Å². The zero-order valence-corrected chi connectivity index (χ0v) is 12.2. The van der Waals surface area contributed by atoms with Crippen molar-refractivity contribution in [3.63, 3.8) is 0 Å². The zero-order valence-electron chi connectivity index (χ0n) is 11.4. The Balaban J connectivity index is 2.06. The molecule has 1 aromatic heterocycles. The summed E-state index contributed by atoms with van der Waals surface area (Å²) in [5.74, 6) is -0.346. The fourth-order valence-corrected chi connectivity index (χ4v) is 2.65. The number of rotatable bonds is 5. The third kappa shape index (κ3) is 3.79. The van der Waals surface area contributed by atoms with Gasteiger partial charge in [0.2, 0.25) is 0 Å². The van der Waals surface area contributed by atoms with Crippen LogP contribution in [0.25, 0.3) is 0 Å². The van der Waals surface area contributed by atoms with E-state index in [-0.39, 0.29) is 28.9 Å². The molecule has 1 heterocycles. The molecule has 7 heteroatoms. The van der Waals surface area contributed by atoms with Crippen molar-refractivity contribution in [2.75, 3.05) is 5.73 Å². The minimum Gasteiger partial charge on any atom is -0.393 e. The Morgan fingerprint density at radius 2 is 2.24 bits per heavy atom. The number of nitrogens with zero attached hydrogens (tertiary/aromatic N) is 1. The van der Waals surface area contributed by atoms with Crippen LogP contribution in [0.5, 0.6) is 0 Å². The van der Waals surface area contributed by atoms with Crippen LogP contribution in [0.4, 0.5) is 11.4 Å². The van der Waals surface area contributed by atoms with Gasteiger partial charge >= 0.3 is 0 Å². The first kappa shape index (κ1) is 15.0. The fraction of sp³-hybridized carbons (Fsp3) is 0.214. The number of nitrogens with two attached hydrogens (primary N) is 1. The van der Waals surface area contributed by atoms with Crippen LogP contribution in [0.2, 0.25) is 0 Å². The van der Waals surface area contributed by atoms with Crippen LogP contribution in [-0.4, -0.2) is 16.9 Å². The summed E-state index contributed by atoms with van der Waals surface area (Å²) in [4.78, 5) is 22.3. The first-order valence-corrected chi connectivity index (χ1v) is 7.27. The van der Waals surface area contributed by atoms with Crippen LogP contribution in [0.1, 0.15) is 22.8 Å². The second-order valence-corrected chi connectivity index (χ2v) is 5.52. The van der Waals surface area contributed by atoms with Gasteiger partial charge in [-0.15, -0.1) is 0 Å². The molecule has 2 rings (SSSR count). The molecule has 0 aliphatic carbocycles. The lowest BCUT2D eigenvalue weighted by Gasteiger charge is -2.13. The maximum absolute atomic E-state index is 12.1. The number of hydrogen-bond donors (Lipinski definition) is 2. The molecule has 6 nitrogen and oxygen atoms in total. The van der Waals surface area contributed by atoms with Gasteiger partial charge in [-0.1, -0.05) is 0 Å². The SMILES string of the molecule is CC(Cc1ccsc1)NC(=O)c1ccc(N)c([N+](=O)[O-])c1. The first-order valence-electron chi connectivity index (χ1n) is 6.33. The number of nitro benzene ring substituents is 1. The summed E-state index contributed by atoms with van der Waals surface area (Å²) >= 11 is 1.60. The van der Waals surface area contributed by atoms with Gasteiger partial charge in [-0.3, -0.25) is 14.9 Å². The minimum atomic E-state index is -0.596. The lowest BCUT2D eigenvalue weighted by atomic mass is 10.1. The van der Waals surface area contributed by atoms with E-state index < -0.39 is 4.92 Å². The first-order chi connectivity index (χ1) is 9.97. The number of nitrogen functional groups attached to an aromatic ring is 1. The van der Waals surface area contributed by atoms with Crippen molar-refractivity contribution in [3.8, 4) is 0 Å². The van der Waals surface area contributed by atoms with E-state index in [0.29, 0.717) is 6.42 Å². The number of nitro groups is 1. The van der Waals surface area contributed by atoms with Crippen LogP contribution in [0.3, 0.4) is 0 Å². The van der Waals surface area contributed by atoms with Crippen LogP contribution in [-0.2, 0) is 6.42 Å². The summed E-state index contributed by atoms with van der Waals surface area (Å²) in [7, 11) is 0. The normalized spacial score (nSPS) is 11.9. The summed E-state index contributed by atoms with van der Waals surface area (Å²) in [6, 6.07) is 5.98. The van der Waals surface area contributed by atoms with E-state index in [1.807, 2.05) is 23.8 Å². The van der Waals surface area contributed by atoms with E-state index in [2.05, 4.69) is 5.32 Å². The number of nitrogens with one attached hydrogen (secondary N) is 1. The van der Waals surface area contributed by atoms with Gasteiger partial charge in [-0.05, 0) is 47.9 Å². The number of carbonyl (C=O) groups is 1.